The summed E-state index contributed by atoms with van der Waals surface area (Å²) in [6.07, 6.45) is -0.509. The quantitative estimate of drug-likeness (QED) is 0.183. The van der Waals surface area contributed by atoms with Gasteiger partial charge in [-0.15, -0.1) is 0 Å². The Morgan fingerprint density at radius 3 is 1.84 bits per heavy atom. The molecule has 3 atom stereocenters. The molecule has 37 heavy (non-hydrogen) atoms. The molecule has 0 aromatic heterocycles. The minimum atomic E-state index is -3.89. The number of hydrogen-bond donors (Lipinski definition) is 0. The van der Waals surface area contributed by atoms with Gasteiger partial charge in [0.1, 0.15) is 23.5 Å². The largest absolute Gasteiger partial charge is 0.461 e. The third kappa shape index (κ3) is 13.3. The summed E-state index contributed by atoms with van der Waals surface area (Å²) in [7, 11) is -3.89. The van der Waals surface area contributed by atoms with E-state index in [0.29, 0.717) is 0 Å². The van der Waals surface area contributed by atoms with Gasteiger partial charge in [0.25, 0.3) is 0 Å². The van der Waals surface area contributed by atoms with Crippen molar-refractivity contribution in [1.29, 1.82) is 0 Å². The summed E-state index contributed by atoms with van der Waals surface area (Å²) in [5.41, 5.74) is -2.89. The average molecular weight is 541 g/mol. The minimum Gasteiger partial charge on any atom is -0.461 e. The molecule has 0 N–H and O–H groups in total. The van der Waals surface area contributed by atoms with Crippen LogP contribution in [0.1, 0.15) is 87.6 Å². The molecule has 0 aliphatic carbocycles. The van der Waals surface area contributed by atoms with Gasteiger partial charge >= 0.3 is 17.9 Å². The SMILES string of the molecule is CC(CP(=O)(OC(C)(C)C)C(CCC(=O)OC(C)(C)C)C(=O)OC(C)(C)C)C(=O)OCc1ccccc1. The van der Waals surface area contributed by atoms with Gasteiger partial charge in [-0.25, -0.2) is 0 Å². The van der Waals surface area contributed by atoms with Crippen molar-refractivity contribution in [3.8, 4) is 0 Å². The van der Waals surface area contributed by atoms with Crippen LogP contribution in [0.4, 0.5) is 0 Å². The average Bonchev–Trinajstić information content (AvgIpc) is 2.68. The Balaban J connectivity index is 3.22. The summed E-state index contributed by atoms with van der Waals surface area (Å²) < 4.78 is 36.9. The Bertz CT molecular complexity index is 951. The molecule has 0 saturated carbocycles. The number of carbonyl (C=O) groups excluding carboxylic acids is 3. The third-order valence-corrected chi connectivity index (χ3v) is 8.11. The molecule has 210 valence electrons. The van der Waals surface area contributed by atoms with E-state index < -0.39 is 53.7 Å². The van der Waals surface area contributed by atoms with E-state index in [1.165, 1.54) is 0 Å². The van der Waals surface area contributed by atoms with E-state index in [9.17, 15) is 18.9 Å². The topological polar surface area (TPSA) is 105 Å². The predicted molar refractivity (Wildman–Crippen MR) is 143 cm³/mol. The molecule has 0 fully saturated rings. The Hall–Kier alpha value is -2.18. The molecule has 0 heterocycles. The van der Waals surface area contributed by atoms with Crippen LogP contribution in [-0.4, -0.2) is 46.5 Å². The maximum atomic E-state index is 14.5. The molecule has 1 aromatic carbocycles. The lowest BCUT2D eigenvalue weighted by molar-refractivity contribution is -0.156. The molecule has 1 rings (SSSR count). The Morgan fingerprint density at radius 1 is 0.811 bits per heavy atom. The maximum absolute atomic E-state index is 14.5. The van der Waals surface area contributed by atoms with Crippen molar-refractivity contribution in [1.82, 2.24) is 0 Å². The van der Waals surface area contributed by atoms with Crippen LogP contribution in [0.2, 0.25) is 0 Å². The van der Waals surface area contributed by atoms with Crippen LogP contribution in [0.5, 0.6) is 0 Å². The monoisotopic (exact) mass is 540 g/mol. The van der Waals surface area contributed by atoms with Gasteiger partial charge in [0.2, 0.25) is 7.37 Å². The van der Waals surface area contributed by atoms with E-state index >= 15 is 0 Å². The van der Waals surface area contributed by atoms with E-state index in [-0.39, 0.29) is 25.6 Å². The first-order valence-corrected chi connectivity index (χ1v) is 14.5. The summed E-state index contributed by atoms with van der Waals surface area (Å²) in [6.45, 7) is 17.2. The zero-order valence-corrected chi connectivity index (χ0v) is 25.0. The fraction of sp³-hybridized carbons (Fsp3) is 0.679. The van der Waals surface area contributed by atoms with E-state index in [0.717, 1.165) is 5.56 Å². The second-order valence-corrected chi connectivity index (χ2v) is 14.9. The lowest BCUT2D eigenvalue weighted by atomic mass is 10.1. The lowest BCUT2D eigenvalue weighted by Crippen LogP contribution is -2.36. The molecule has 8 nitrogen and oxygen atoms in total. The number of esters is 3. The van der Waals surface area contributed by atoms with Crippen molar-refractivity contribution in [2.45, 2.75) is 111 Å². The summed E-state index contributed by atoms with van der Waals surface area (Å²) in [5, 5.41) is 0. The fourth-order valence-electron chi connectivity index (χ4n) is 3.51. The van der Waals surface area contributed by atoms with E-state index in [1.54, 1.807) is 69.2 Å². The highest BCUT2D eigenvalue weighted by molar-refractivity contribution is 7.60. The van der Waals surface area contributed by atoms with Crippen molar-refractivity contribution < 1.29 is 37.7 Å². The molecular weight excluding hydrogens is 495 g/mol. The first kappa shape index (κ1) is 32.8. The normalized spacial score (nSPS) is 15.7. The van der Waals surface area contributed by atoms with Gasteiger partial charge in [0, 0.05) is 12.6 Å². The van der Waals surface area contributed by atoms with Crippen molar-refractivity contribution in [3.05, 3.63) is 35.9 Å². The molecule has 0 aliphatic heterocycles. The first-order chi connectivity index (χ1) is 16.7. The highest BCUT2D eigenvalue weighted by Gasteiger charge is 2.46. The van der Waals surface area contributed by atoms with Gasteiger partial charge in [0.15, 0.2) is 0 Å². The minimum absolute atomic E-state index is 0.0720. The molecule has 0 radical (unpaired) electrons. The van der Waals surface area contributed by atoms with Crippen LogP contribution in [0.15, 0.2) is 30.3 Å². The molecular formula is C28H45O8P. The van der Waals surface area contributed by atoms with Crippen molar-refractivity contribution in [3.63, 3.8) is 0 Å². The zero-order valence-electron chi connectivity index (χ0n) is 24.1. The molecule has 0 amide bonds. The van der Waals surface area contributed by atoms with Crippen LogP contribution in [0, 0.1) is 5.92 Å². The zero-order chi connectivity index (χ0) is 28.7. The molecule has 9 heteroatoms. The molecule has 0 aliphatic rings. The Kier molecular flexibility index (Phi) is 11.6. The highest BCUT2D eigenvalue weighted by Crippen LogP contribution is 2.58. The fourth-order valence-corrected chi connectivity index (χ4v) is 6.70. The van der Waals surface area contributed by atoms with Crippen LogP contribution in [-0.2, 0) is 44.3 Å². The number of ether oxygens (including phenoxy) is 3. The summed E-state index contributed by atoms with van der Waals surface area (Å²) in [5.74, 6) is -2.66. The molecule has 0 spiro atoms. The number of rotatable bonds is 11. The highest BCUT2D eigenvalue weighted by atomic mass is 31.2. The Morgan fingerprint density at radius 2 is 1.35 bits per heavy atom. The smallest absolute Gasteiger partial charge is 0.319 e. The number of hydrogen-bond acceptors (Lipinski definition) is 8. The van der Waals surface area contributed by atoms with Crippen molar-refractivity contribution in [2.75, 3.05) is 6.16 Å². The molecule has 0 bridgehead atoms. The van der Waals surface area contributed by atoms with Crippen LogP contribution >= 0.6 is 7.37 Å². The van der Waals surface area contributed by atoms with Crippen LogP contribution in [0.3, 0.4) is 0 Å². The third-order valence-electron chi connectivity index (χ3n) is 4.78. The number of carbonyl (C=O) groups is 3. The van der Waals surface area contributed by atoms with Gasteiger partial charge < -0.3 is 18.7 Å². The van der Waals surface area contributed by atoms with Gasteiger partial charge in [-0.1, -0.05) is 37.3 Å². The second-order valence-electron chi connectivity index (χ2n) is 12.3. The van der Waals surface area contributed by atoms with Gasteiger partial charge in [0.05, 0.1) is 11.5 Å². The Labute approximate surface area is 222 Å². The van der Waals surface area contributed by atoms with Gasteiger partial charge in [-0.2, -0.15) is 0 Å². The van der Waals surface area contributed by atoms with E-state index in [2.05, 4.69) is 0 Å². The summed E-state index contributed by atoms with van der Waals surface area (Å²) in [4.78, 5) is 38.6. The van der Waals surface area contributed by atoms with Crippen LogP contribution < -0.4 is 0 Å². The number of benzene rings is 1. The van der Waals surface area contributed by atoms with Crippen molar-refractivity contribution >= 4 is 25.3 Å². The summed E-state index contributed by atoms with van der Waals surface area (Å²) in [6, 6.07) is 9.21. The maximum Gasteiger partial charge on any atom is 0.319 e. The summed E-state index contributed by atoms with van der Waals surface area (Å²) >= 11 is 0. The lowest BCUT2D eigenvalue weighted by Gasteiger charge is -2.34. The van der Waals surface area contributed by atoms with Gasteiger partial charge in [-0.3, -0.25) is 18.9 Å². The standard InChI is InChI=1S/C28H45O8P/c1-20(24(30)33-18-21-14-12-11-13-15-21)19-37(32,36-28(8,9)10)22(25(31)35-27(5,6)7)16-17-23(29)34-26(2,3)4/h11-15,20,22H,16-19H2,1-10H3. The second kappa shape index (κ2) is 13.1. The van der Waals surface area contributed by atoms with E-state index in [4.69, 9.17) is 18.7 Å². The molecule has 3 unspecified atom stereocenters. The van der Waals surface area contributed by atoms with Gasteiger partial charge in [-0.05, 0) is 74.3 Å². The van der Waals surface area contributed by atoms with Crippen LogP contribution in [0.25, 0.3) is 0 Å². The van der Waals surface area contributed by atoms with Crippen molar-refractivity contribution in [2.24, 2.45) is 5.92 Å². The molecule has 1 aromatic rings. The van der Waals surface area contributed by atoms with E-state index in [1.807, 2.05) is 30.3 Å². The first-order valence-electron chi connectivity index (χ1n) is 12.7. The predicted octanol–water partition coefficient (Wildman–Crippen LogP) is 6.29. The molecule has 0 saturated heterocycles.